The van der Waals surface area contributed by atoms with Crippen molar-refractivity contribution in [2.45, 2.75) is 57.7 Å². The van der Waals surface area contributed by atoms with Gasteiger partial charge in [-0.25, -0.2) is 14.6 Å². The van der Waals surface area contributed by atoms with Crippen LogP contribution in [-0.4, -0.2) is 58.8 Å². The highest BCUT2D eigenvalue weighted by atomic mass is 16.6. The molecule has 2 atom stereocenters. The van der Waals surface area contributed by atoms with Gasteiger partial charge in [0.05, 0.1) is 24.2 Å². The van der Waals surface area contributed by atoms with E-state index in [4.69, 9.17) is 14.5 Å². The van der Waals surface area contributed by atoms with Crippen LogP contribution >= 0.6 is 0 Å². The molecule has 9 nitrogen and oxygen atoms in total. The van der Waals surface area contributed by atoms with Crippen molar-refractivity contribution in [2.75, 3.05) is 20.2 Å². The molecule has 36 heavy (non-hydrogen) atoms. The van der Waals surface area contributed by atoms with Gasteiger partial charge in [-0.1, -0.05) is 24.3 Å². The molecule has 0 bridgehead atoms. The lowest BCUT2D eigenvalue weighted by molar-refractivity contribution is 0.0190. The fourth-order valence-electron chi connectivity index (χ4n) is 4.32. The molecule has 0 aliphatic carbocycles. The molecular weight excluding hydrogens is 458 g/mol. The summed E-state index contributed by atoms with van der Waals surface area (Å²) in [4.78, 5) is 35.3. The zero-order chi connectivity index (χ0) is 25.7. The van der Waals surface area contributed by atoms with Crippen molar-refractivity contribution in [2.24, 2.45) is 0 Å². The monoisotopic (exact) mass is 493 g/mol. The molecule has 4 rings (SSSR count). The van der Waals surface area contributed by atoms with Crippen LogP contribution < -0.4 is 15.4 Å². The van der Waals surface area contributed by atoms with Crippen LogP contribution in [0.5, 0.6) is 5.75 Å². The van der Waals surface area contributed by atoms with Crippen molar-refractivity contribution in [3.63, 3.8) is 0 Å². The Hall–Kier alpha value is -3.75. The molecular formula is C27H35N5O4. The fourth-order valence-corrected chi connectivity index (χ4v) is 4.32. The Kier molecular flexibility index (Phi) is 7.67. The third-order valence-corrected chi connectivity index (χ3v) is 6.05. The van der Waals surface area contributed by atoms with Crippen molar-refractivity contribution in [1.82, 2.24) is 25.5 Å². The van der Waals surface area contributed by atoms with Crippen LogP contribution in [0.2, 0.25) is 0 Å². The molecule has 0 spiro atoms. The normalized spacial score (nSPS) is 16.9. The van der Waals surface area contributed by atoms with Crippen molar-refractivity contribution in [1.29, 1.82) is 0 Å². The number of nitrogens with one attached hydrogen (secondary N) is 3. The minimum Gasteiger partial charge on any atom is -0.497 e. The standard InChI is InChI=1S/C27H35N5O4/c1-27(2,3)36-26(34)32-15-7-8-19(17-32)28-25(33)31-23(16-18-11-13-20(35-4)14-12-18)24-29-21-9-5-6-10-22(21)30-24/h5-6,9-14,19,23H,7-8,15-17H2,1-4H3,(H,29,30)(H2,28,31,33)/t19-,23-/m1/s1. The average Bonchev–Trinajstić information content (AvgIpc) is 3.27. The topological polar surface area (TPSA) is 109 Å². The average molecular weight is 494 g/mol. The zero-order valence-corrected chi connectivity index (χ0v) is 21.3. The van der Waals surface area contributed by atoms with Gasteiger partial charge in [-0.2, -0.15) is 0 Å². The van der Waals surface area contributed by atoms with Gasteiger partial charge in [0.2, 0.25) is 0 Å². The summed E-state index contributed by atoms with van der Waals surface area (Å²) in [5, 5.41) is 6.13. The van der Waals surface area contributed by atoms with Crippen LogP contribution in [0.1, 0.15) is 51.0 Å². The summed E-state index contributed by atoms with van der Waals surface area (Å²) in [7, 11) is 1.63. The van der Waals surface area contributed by atoms with E-state index in [2.05, 4.69) is 15.6 Å². The number of H-pyrrole nitrogens is 1. The lowest BCUT2D eigenvalue weighted by Crippen LogP contribution is -2.53. The van der Waals surface area contributed by atoms with E-state index < -0.39 is 5.60 Å². The number of aromatic nitrogens is 2. The van der Waals surface area contributed by atoms with E-state index in [-0.39, 0.29) is 24.2 Å². The first-order valence-electron chi connectivity index (χ1n) is 12.3. The maximum absolute atomic E-state index is 13.1. The molecule has 1 aliphatic heterocycles. The Labute approximate surface area is 211 Å². The SMILES string of the molecule is COc1ccc(C[C@@H](NC(=O)N[C@@H]2CCCN(C(=O)OC(C)(C)C)C2)c2nc3ccccc3[nH]2)cc1. The summed E-state index contributed by atoms with van der Waals surface area (Å²) in [5.41, 5.74) is 2.23. The number of rotatable bonds is 6. The van der Waals surface area contributed by atoms with Gasteiger partial charge in [0.25, 0.3) is 0 Å². The van der Waals surface area contributed by atoms with Crippen molar-refractivity contribution in [3.05, 3.63) is 59.9 Å². The van der Waals surface area contributed by atoms with Crippen LogP contribution in [0.4, 0.5) is 9.59 Å². The number of hydrogen-bond donors (Lipinski definition) is 3. The molecule has 1 aromatic heterocycles. The number of fused-ring (bicyclic) bond motifs is 1. The summed E-state index contributed by atoms with van der Waals surface area (Å²) in [6, 6.07) is 14.7. The third-order valence-electron chi connectivity index (χ3n) is 6.05. The summed E-state index contributed by atoms with van der Waals surface area (Å²) >= 11 is 0. The lowest BCUT2D eigenvalue weighted by Gasteiger charge is -2.34. The molecule has 0 saturated carbocycles. The first-order valence-corrected chi connectivity index (χ1v) is 12.3. The first-order chi connectivity index (χ1) is 17.2. The number of ether oxygens (including phenoxy) is 2. The molecule has 0 radical (unpaired) electrons. The largest absolute Gasteiger partial charge is 0.497 e. The number of carbonyl (C=O) groups is 2. The number of aromatic amines is 1. The Morgan fingerprint density at radius 1 is 1.17 bits per heavy atom. The first kappa shape index (κ1) is 25.3. The summed E-state index contributed by atoms with van der Waals surface area (Å²) in [5.74, 6) is 1.46. The highest BCUT2D eigenvalue weighted by molar-refractivity contribution is 5.77. The highest BCUT2D eigenvalue weighted by Crippen LogP contribution is 2.22. The summed E-state index contributed by atoms with van der Waals surface area (Å²) < 4.78 is 10.8. The summed E-state index contributed by atoms with van der Waals surface area (Å²) in [6.07, 6.45) is 1.78. The number of carbonyl (C=O) groups excluding carboxylic acids is 2. The second-order valence-electron chi connectivity index (χ2n) is 10.1. The van der Waals surface area contributed by atoms with Crippen LogP contribution in [0.3, 0.4) is 0 Å². The van der Waals surface area contributed by atoms with Gasteiger partial charge in [0.1, 0.15) is 17.2 Å². The Morgan fingerprint density at radius 3 is 2.61 bits per heavy atom. The maximum Gasteiger partial charge on any atom is 0.410 e. The number of hydrogen-bond acceptors (Lipinski definition) is 5. The number of nitrogens with zero attached hydrogens (tertiary/aromatic N) is 2. The van der Waals surface area contributed by atoms with Crippen LogP contribution in [-0.2, 0) is 11.2 Å². The molecule has 9 heteroatoms. The Bertz CT molecular complexity index is 1150. The molecule has 0 unspecified atom stereocenters. The summed E-state index contributed by atoms with van der Waals surface area (Å²) in [6.45, 7) is 6.57. The quantitative estimate of drug-likeness (QED) is 0.467. The minimum absolute atomic E-state index is 0.163. The van der Waals surface area contributed by atoms with Gasteiger partial charge in [-0.3, -0.25) is 0 Å². The number of piperidine rings is 1. The number of imidazole rings is 1. The molecule has 1 saturated heterocycles. The van der Waals surface area contributed by atoms with Crippen LogP contribution in [0.25, 0.3) is 11.0 Å². The van der Waals surface area contributed by atoms with E-state index in [0.29, 0.717) is 25.3 Å². The molecule has 3 N–H and O–H groups in total. The molecule has 192 valence electrons. The van der Waals surface area contributed by atoms with E-state index in [1.165, 1.54) is 0 Å². The number of para-hydroxylation sites is 2. The number of urea groups is 1. The van der Waals surface area contributed by atoms with Gasteiger partial charge in [-0.15, -0.1) is 0 Å². The maximum atomic E-state index is 13.1. The third kappa shape index (κ3) is 6.68. The predicted molar refractivity (Wildman–Crippen MR) is 138 cm³/mol. The molecule has 3 amide bonds. The van der Waals surface area contributed by atoms with E-state index >= 15 is 0 Å². The predicted octanol–water partition coefficient (Wildman–Crippen LogP) is 4.55. The van der Waals surface area contributed by atoms with Gasteiger partial charge in [-0.05, 0) is 69.9 Å². The van der Waals surface area contributed by atoms with E-state index in [1.807, 2.05) is 69.3 Å². The van der Waals surface area contributed by atoms with Gasteiger partial charge in [0, 0.05) is 19.1 Å². The van der Waals surface area contributed by atoms with Crippen molar-refractivity contribution < 1.29 is 19.1 Å². The second kappa shape index (κ2) is 10.9. The highest BCUT2D eigenvalue weighted by Gasteiger charge is 2.29. The molecule has 1 fully saturated rings. The number of likely N-dealkylation sites (tertiary alicyclic amines) is 1. The van der Waals surface area contributed by atoms with Crippen LogP contribution in [0.15, 0.2) is 48.5 Å². The van der Waals surface area contributed by atoms with Gasteiger partial charge >= 0.3 is 12.1 Å². The van der Waals surface area contributed by atoms with E-state index in [0.717, 1.165) is 35.2 Å². The molecule has 3 aromatic rings. The van der Waals surface area contributed by atoms with E-state index in [9.17, 15) is 9.59 Å². The van der Waals surface area contributed by atoms with Crippen molar-refractivity contribution in [3.8, 4) is 5.75 Å². The lowest BCUT2D eigenvalue weighted by atomic mass is 10.0. The zero-order valence-electron chi connectivity index (χ0n) is 21.3. The number of amides is 3. The Balaban J connectivity index is 1.45. The van der Waals surface area contributed by atoms with Gasteiger partial charge < -0.3 is 30.0 Å². The molecule has 1 aliphatic rings. The van der Waals surface area contributed by atoms with Gasteiger partial charge in [0.15, 0.2) is 0 Å². The fraction of sp³-hybridized carbons (Fsp3) is 0.444. The second-order valence-corrected chi connectivity index (χ2v) is 10.1. The number of benzene rings is 2. The van der Waals surface area contributed by atoms with E-state index in [1.54, 1.807) is 12.0 Å². The molecule has 2 heterocycles. The Morgan fingerprint density at radius 2 is 1.92 bits per heavy atom. The minimum atomic E-state index is -0.559. The molecule has 2 aromatic carbocycles. The smallest absolute Gasteiger partial charge is 0.410 e. The van der Waals surface area contributed by atoms with Crippen LogP contribution in [0, 0.1) is 0 Å². The van der Waals surface area contributed by atoms with Crippen molar-refractivity contribution >= 4 is 23.2 Å². The number of methoxy groups -OCH3 is 1.